The Labute approximate surface area is 151 Å². The van der Waals surface area contributed by atoms with Crippen molar-refractivity contribution >= 4 is 40.3 Å². The molecule has 24 heavy (non-hydrogen) atoms. The summed E-state index contributed by atoms with van der Waals surface area (Å²) in [6.07, 6.45) is 2.62. The summed E-state index contributed by atoms with van der Waals surface area (Å²) in [5.74, 6) is 1.37. The van der Waals surface area contributed by atoms with Gasteiger partial charge >= 0.3 is 0 Å². The molecule has 6 nitrogen and oxygen atoms in total. The third kappa shape index (κ3) is 4.43. The Morgan fingerprint density at radius 1 is 1.33 bits per heavy atom. The first-order valence-electron chi connectivity index (χ1n) is 7.42. The van der Waals surface area contributed by atoms with Crippen LogP contribution in [0.25, 0.3) is 10.8 Å². The lowest BCUT2D eigenvalue weighted by Crippen LogP contribution is -2.32. The number of thiophene rings is 1. The first-order valence-corrected chi connectivity index (χ1v) is 10.2. The van der Waals surface area contributed by atoms with Gasteiger partial charge in [0.15, 0.2) is 0 Å². The second-order valence-electron chi connectivity index (χ2n) is 4.88. The van der Waals surface area contributed by atoms with E-state index in [4.69, 9.17) is 4.42 Å². The molecule has 1 amide bonds. The van der Waals surface area contributed by atoms with Crippen LogP contribution in [0, 0.1) is 0 Å². The number of thioether (sulfide) groups is 1. The normalized spacial score (nSPS) is 10.9. The molecule has 0 atom stereocenters. The van der Waals surface area contributed by atoms with E-state index in [1.165, 1.54) is 23.1 Å². The standard InChI is InChI=1S/C15H16N4O2S3/c1-2-6-19(13(20)10-24-15-16-5-8-23-15)9-12-17-18-14(21-12)11-4-3-7-22-11/h3-5,7-8H,2,6,9-10H2,1H3. The van der Waals surface area contributed by atoms with Gasteiger partial charge in [0.05, 0.1) is 17.2 Å². The molecule has 3 rings (SSSR count). The van der Waals surface area contributed by atoms with Crippen LogP contribution < -0.4 is 0 Å². The number of hydrogen-bond acceptors (Lipinski definition) is 8. The van der Waals surface area contributed by atoms with Gasteiger partial charge in [0.1, 0.15) is 4.34 Å². The molecule has 3 heterocycles. The molecule has 0 saturated carbocycles. The Balaban J connectivity index is 1.61. The van der Waals surface area contributed by atoms with Crippen LogP contribution in [0.3, 0.4) is 0 Å². The number of amides is 1. The Bertz CT molecular complexity index is 756. The van der Waals surface area contributed by atoms with E-state index in [-0.39, 0.29) is 5.91 Å². The van der Waals surface area contributed by atoms with Crippen molar-refractivity contribution < 1.29 is 9.21 Å². The molecule has 0 aromatic carbocycles. The van der Waals surface area contributed by atoms with Crippen molar-refractivity contribution in [1.82, 2.24) is 20.1 Å². The summed E-state index contributed by atoms with van der Waals surface area (Å²) in [6, 6.07) is 3.87. The minimum absolute atomic E-state index is 0.0490. The molecule has 0 unspecified atom stereocenters. The summed E-state index contributed by atoms with van der Waals surface area (Å²) in [4.78, 5) is 19.3. The molecule has 9 heteroatoms. The van der Waals surface area contributed by atoms with Gasteiger partial charge in [0.2, 0.25) is 11.8 Å². The molecule has 0 aliphatic carbocycles. The zero-order valence-corrected chi connectivity index (χ0v) is 15.5. The maximum Gasteiger partial charge on any atom is 0.257 e. The molecular weight excluding hydrogens is 364 g/mol. The molecule has 3 aromatic heterocycles. The largest absolute Gasteiger partial charge is 0.418 e. The summed E-state index contributed by atoms with van der Waals surface area (Å²) < 4.78 is 6.58. The Morgan fingerprint density at radius 3 is 2.96 bits per heavy atom. The summed E-state index contributed by atoms with van der Waals surface area (Å²) >= 11 is 4.54. The van der Waals surface area contributed by atoms with E-state index >= 15 is 0 Å². The molecule has 0 bridgehead atoms. The highest BCUT2D eigenvalue weighted by molar-refractivity contribution is 8.01. The summed E-state index contributed by atoms with van der Waals surface area (Å²) in [5.41, 5.74) is 0. The van der Waals surface area contributed by atoms with E-state index in [2.05, 4.69) is 15.2 Å². The van der Waals surface area contributed by atoms with Gasteiger partial charge in [-0.15, -0.1) is 32.9 Å². The maximum atomic E-state index is 12.5. The number of thiazole rings is 1. The van der Waals surface area contributed by atoms with Crippen LogP contribution in [0.4, 0.5) is 0 Å². The van der Waals surface area contributed by atoms with Gasteiger partial charge in [-0.25, -0.2) is 4.98 Å². The molecule has 0 fully saturated rings. The van der Waals surface area contributed by atoms with E-state index < -0.39 is 0 Å². The van der Waals surface area contributed by atoms with E-state index in [0.29, 0.717) is 30.6 Å². The average Bonchev–Trinajstić information content (AvgIpc) is 3.33. The minimum atomic E-state index is 0.0490. The second-order valence-corrected chi connectivity index (χ2v) is 7.94. The van der Waals surface area contributed by atoms with E-state index in [1.807, 2.05) is 29.8 Å². The van der Waals surface area contributed by atoms with Crippen molar-refractivity contribution in [2.45, 2.75) is 24.2 Å². The van der Waals surface area contributed by atoms with Crippen molar-refractivity contribution in [2.75, 3.05) is 12.3 Å². The summed E-state index contributed by atoms with van der Waals surface area (Å²) in [7, 11) is 0. The van der Waals surface area contributed by atoms with Crippen LogP contribution in [-0.2, 0) is 11.3 Å². The van der Waals surface area contributed by atoms with E-state index in [1.54, 1.807) is 22.4 Å². The summed E-state index contributed by atoms with van der Waals surface area (Å²) in [5, 5.41) is 12.0. The molecule has 0 radical (unpaired) electrons. The van der Waals surface area contributed by atoms with Crippen LogP contribution in [0.5, 0.6) is 0 Å². The number of carbonyl (C=O) groups is 1. The van der Waals surface area contributed by atoms with Gasteiger partial charge < -0.3 is 9.32 Å². The minimum Gasteiger partial charge on any atom is -0.418 e. The predicted molar refractivity (Wildman–Crippen MR) is 96.2 cm³/mol. The van der Waals surface area contributed by atoms with E-state index in [0.717, 1.165) is 15.6 Å². The quantitative estimate of drug-likeness (QED) is 0.554. The number of rotatable bonds is 8. The fourth-order valence-electron chi connectivity index (χ4n) is 2.04. The molecule has 0 aliphatic heterocycles. The van der Waals surface area contributed by atoms with Crippen molar-refractivity contribution in [3.63, 3.8) is 0 Å². The molecule has 0 spiro atoms. The lowest BCUT2D eigenvalue weighted by atomic mass is 10.4. The molecule has 0 aliphatic rings. The predicted octanol–water partition coefficient (Wildman–Crippen LogP) is 3.79. The van der Waals surface area contributed by atoms with Crippen molar-refractivity contribution in [1.29, 1.82) is 0 Å². The highest BCUT2D eigenvalue weighted by atomic mass is 32.2. The zero-order valence-electron chi connectivity index (χ0n) is 13.0. The lowest BCUT2D eigenvalue weighted by molar-refractivity contribution is -0.129. The third-order valence-electron chi connectivity index (χ3n) is 3.10. The van der Waals surface area contributed by atoms with Gasteiger partial charge in [-0.3, -0.25) is 4.79 Å². The average molecular weight is 381 g/mol. The van der Waals surface area contributed by atoms with E-state index in [9.17, 15) is 4.79 Å². The topological polar surface area (TPSA) is 72.1 Å². The fourth-order valence-corrected chi connectivity index (χ4v) is 4.22. The van der Waals surface area contributed by atoms with Crippen molar-refractivity contribution in [3.8, 4) is 10.8 Å². The molecular formula is C15H16N4O2S3. The summed E-state index contributed by atoms with van der Waals surface area (Å²) in [6.45, 7) is 3.04. The van der Waals surface area contributed by atoms with Gasteiger partial charge in [-0.1, -0.05) is 24.8 Å². The number of aromatic nitrogens is 3. The highest BCUT2D eigenvalue weighted by Crippen LogP contribution is 2.24. The second kappa shape index (κ2) is 8.41. The van der Waals surface area contributed by atoms with Crippen LogP contribution in [-0.4, -0.2) is 38.3 Å². The first kappa shape index (κ1) is 17.1. The molecule has 3 aromatic rings. The third-order valence-corrected chi connectivity index (χ3v) is 5.91. The Kier molecular flexibility index (Phi) is 6.00. The Hall–Kier alpha value is -1.71. The van der Waals surface area contributed by atoms with Crippen molar-refractivity contribution in [2.24, 2.45) is 0 Å². The van der Waals surface area contributed by atoms with Crippen LogP contribution >= 0.6 is 34.4 Å². The number of nitrogens with zero attached hydrogens (tertiary/aromatic N) is 4. The monoisotopic (exact) mass is 380 g/mol. The van der Waals surface area contributed by atoms with Gasteiger partial charge in [-0.2, -0.15) is 0 Å². The van der Waals surface area contributed by atoms with Gasteiger partial charge in [0, 0.05) is 18.1 Å². The highest BCUT2D eigenvalue weighted by Gasteiger charge is 2.18. The van der Waals surface area contributed by atoms with Gasteiger partial charge in [0.25, 0.3) is 5.89 Å². The SMILES string of the molecule is CCCN(Cc1nnc(-c2cccs2)o1)C(=O)CSc1nccs1. The van der Waals surface area contributed by atoms with Crippen LogP contribution in [0.2, 0.25) is 0 Å². The Morgan fingerprint density at radius 2 is 2.25 bits per heavy atom. The molecule has 0 saturated heterocycles. The first-order chi connectivity index (χ1) is 11.8. The molecule has 126 valence electrons. The smallest absolute Gasteiger partial charge is 0.257 e. The number of carbonyl (C=O) groups excluding carboxylic acids is 1. The number of hydrogen-bond donors (Lipinski definition) is 0. The van der Waals surface area contributed by atoms with Crippen LogP contribution in [0.1, 0.15) is 19.2 Å². The fraction of sp³-hybridized carbons (Fsp3) is 0.333. The van der Waals surface area contributed by atoms with Crippen molar-refractivity contribution in [3.05, 3.63) is 35.0 Å². The zero-order chi connectivity index (χ0) is 16.8. The maximum absolute atomic E-state index is 12.5. The van der Waals surface area contributed by atoms with Gasteiger partial charge in [-0.05, 0) is 17.9 Å². The molecule has 0 N–H and O–H groups in total. The van der Waals surface area contributed by atoms with Crippen LogP contribution in [0.15, 0.2) is 37.8 Å². The lowest BCUT2D eigenvalue weighted by Gasteiger charge is -2.19.